The highest BCUT2D eigenvalue weighted by molar-refractivity contribution is 9.10. The SMILES string of the molecule is CC1=NN(c2cccc(Cl)c2)C(=O)/C1=C/c1ccc(Br)cc1. The normalized spacial score (nSPS) is 16.3. The summed E-state index contributed by atoms with van der Waals surface area (Å²) in [5.74, 6) is -0.150. The maximum absolute atomic E-state index is 12.6. The second-order valence-corrected chi connectivity index (χ2v) is 6.24. The average Bonchev–Trinajstić information content (AvgIpc) is 2.77. The third-order valence-electron chi connectivity index (χ3n) is 3.30. The molecule has 0 saturated heterocycles. The van der Waals surface area contributed by atoms with E-state index in [4.69, 9.17) is 11.6 Å². The van der Waals surface area contributed by atoms with Crippen LogP contribution in [-0.4, -0.2) is 11.6 Å². The van der Waals surface area contributed by atoms with E-state index < -0.39 is 0 Å². The molecule has 110 valence electrons. The molecule has 22 heavy (non-hydrogen) atoms. The molecule has 1 aliphatic rings. The lowest BCUT2D eigenvalue weighted by Crippen LogP contribution is -2.21. The highest BCUT2D eigenvalue weighted by Crippen LogP contribution is 2.27. The minimum Gasteiger partial charge on any atom is -0.267 e. The summed E-state index contributed by atoms with van der Waals surface area (Å²) in [5.41, 5.74) is 2.89. The largest absolute Gasteiger partial charge is 0.280 e. The van der Waals surface area contributed by atoms with E-state index in [-0.39, 0.29) is 5.91 Å². The molecular formula is C17H12BrClN2O. The molecule has 0 atom stereocenters. The molecular weight excluding hydrogens is 364 g/mol. The van der Waals surface area contributed by atoms with Gasteiger partial charge in [-0.25, -0.2) is 0 Å². The molecule has 3 rings (SSSR count). The van der Waals surface area contributed by atoms with Gasteiger partial charge in [-0.15, -0.1) is 0 Å². The second kappa shape index (κ2) is 6.07. The van der Waals surface area contributed by atoms with Crippen LogP contribution in [0.1, 0.15) is 12.5 Å². The molecule has 5 heteroatoms. The van der Waals surface area contributed by atoms with E-state index in [0.717, 1.165) is 10.0 Å². The number of halogens is 2. The topological polar surface area (TPSA) is 32.7 Å². The molecule has 0 unspecified atom stereocenters. The summed E-state index contributed by atoms with van der Waals surface area (Å²) >= 11 is 9.38. The maximum atomic E-state index is 12.6. The van der Waals surface area contributed by atoms with Crippen molar-refractivity contribution in [3.05, 3.63) is 69.2 Å². The molecule has 1 aliphatic heterocycles. The molecule has 2 aromatic carbocycles. The Balaban J connectivity index is 1.94. The van der Waals surface area contributed by atoms with E-state index in [1.165, 1.54) is 5.01 Å². The number of benzene rings is 2. The molecule has 0 spiro atoms. The van der Waals surface area contributed by atoms with Crippen molar-refractivity contribution in [2.24, 2.45) is 5.10 Å². The van der Waals surface area contributed by atoms with Gasteiger partial charge in [0.15, 0.2) is 0 Å². The van der Waals surface area contributed by atoms with E-state index in [1.807, 2.05) is 43.3 Å². The van der Waals surface area contributed by atoms with Crippen molar-refractivity contribution >= 4 is 50.9 Å². The number of nitrogens with zero attached hydrogens (tertiary/aromatic N) is 2. The van der Waals surface area contributed by atoms with E-state index in [2.05, 4.69) is 21.0 Å². The van der Waals surface area contributed by atoms with Crippen molar-refractivity contribution in [1.82, 2.24) is 0 Å². The van der Waals surface area contributed by atoms with Gasteiger partial charge in [0.05, 0.1) is 17.0 Å². The monoisotopic (exact) mass is 374 g/mol. The highest BCUT2D eigenvalue weighted by atomic mass is 79.9. The van der Waals surface area contributed by atoms with E-state index >= 15 is 0 Å². The van der Waals surface area contributed by atoms with Gasteiger partial charge in [-0.2, -0.15) is 10.1 Å². The smallest absolute Gasteiger partial charge is 0.267 e. The third kappa shape index (κ3) is 2.98. The molecule has 1 amide bonds. The molecule has 0 N–H and O–H groups in total. The predicted octanol–water partition coefficient (Wildman–Crippen LogP) is 4.91. The van der Waals surface area contributed by atoms with Gasteiger partial charge in [-0.05, 0) is 48.9 Å². The molecule has 3 nitrogen and oxygen atoms in total. The number of hydrazone groups is 1. The van der Waals surface area contributed by atoms with E-state index in [9.17, 15) is 4.79 Å². The Bertz CT molecular complexity index is 797. The highest BCUT2D eigenvalue weighted by Gasteiger charge is 2.28. The van der Waals surface area contributed by atoms with Gasteiger partial charge in [-0.3, -0.25) is 4.79 Å². The van der Waals surface area contributed by atoms with Crippen LogP contribution < -0.4 is 5.01 Å². The number of hydrogen-bond acceptors (Lipinski definition) is 2. The predicted molar refractivity (Wildman–Crippen MR) is 94.2 cm³/mol. The van der Waals surface area contributed by atoms with E-state index in [0.29, 0.717) is 22.0 Å². The zero-order valence-corrected chi connectivity index (χ0v) is 14.1. The van der Waals surface area contributed by atoms with Crippen molar-refractivity contribution in [3.63, 3.8) is 0 Å². The number of carbonyl (C=O) groups excluding carboxylic acids is 1. The Kier molecular flexibility index (Phi) is 4.14. The van der Waals surface area contributed by atoms with Crippen LogP contribution >= 0.6 is 27.5 Å². The number of rotatable bonds is 2. The fourth-order valence-corrected chi connectivity index (χ4v) is 2.64. The molecule has 2 aromatic rings. The van der Waals surface area contributed by atoms with Gasteiger partial charge in [0.1, 0.15) is 0 Å². The molecule has 0 aliphatic carbocycles. The maximum Gasteiger partial charge on any atom is 0.280 e. The molecule has 0 bridgehead atoms. The van der Waals surface area contributed by atoms with E-state index in [1.54, 1.807) is 18.2 Å². The minimum absolute atomic E-state index is 0.150. The van der Waals surface area contributed by atoms with Crippen LogP contribution in [0.5, 0.6) is 0 Å². The zero-order chi connectivity index (χ0) is 15.7. The summed E-state index contributed by atoms with van der Waals surface area (Å²) in [6.07, 6.45) is 1.85. The fourth-order valence-electron chi connectivity index (χ4n) is 2.19. The quantitative estimate of drug-likeness (QED) is 0.687. The molecule has 0 aromatic heterocycles. The Labute approximate surface area is 142 Å². The fraction of sp³-hybridized carbons (Fsp3) is 0.0588. The number of hydrogen-bond donors (Lipinski definition) is 0. The Morgan fingerprint density at radius 1 is 1.18 bits per heavy atom. The van der Waals surface area contributed by atoms with Crippen LogP contribution in [0, 0.1) is 0 Å². The van der Waals surface area contributed by atoms with Crippen LogP contribution in [0.2, 0.25) is 5.02 Å². The first-order valence-electron chi connectivity index (χ1n) is 6.67. The summed E-state index contributed by atoms with van der Waals surface area (Å²) in [6.45, 7) is 1.83. The summed E-state index contributed by atoms with van der Waals surface area (Å²) < 4.78 is 0.998. The molecule has 0 radical (unpaired) electrons. The van der Waals surface area contributed by atoms with Gasteiger partial charge in [0.25, 0.3) is 5.91 Å². The zero-order valence-electron chi connectivity index (χ0n) is 11.8. The minimum atomic E-state index is -0.150. The van der Waals surface area contributed by atoms with Gasteiger partial charge in [0.2, 0.25) is 0 Å². The van der Waals surface area contributed by atoms with Crippen molar-refractivity contribution in [2.45, 2.75) is 6.92 Å². The second-order valence-electron chi connectivity index (χ2n) is 4.89. The Morgan fingerprint density at radius 3 is 2.59 bits per heavy atom. The molecule has 0 saturated carbocycles. The average molecular weight is 376 g/mol. The van der Waals surface area contributed by atoms with Gasteiger partial charge >= 0.3 is 0 Å². The van der Waals surface area contributed by atoms with Crippen LogP contribution in [0.25, 0.3) is 6.08 Å². The number of carbonyl (C=O) groups is 1. The van der Waals surface area contributed by atoms with Crippen molar-refractivity contribution in [1.29, 1.82) is 0 Å². The van der Waals surface area contributed by atoms with Crippen LogP contribution in [0.4, 0.5) is 5.69 Å². The molecule has 1 heterocycles. The van der Waals surface area contributed by atoms with Crippen LogP contribution in [0.15, 0.2) is 63.7 Å². The summed E-state index contributed by atoms with van der Waals surface area (Å²) in [7, 11) is 0. The lowest BCUT2D eigenvalue weighted by molar-refractivity contribution is -0.114. The summed E-state index contributed by atoms with van der Waals surface area (Å²) in [5, 5.41) is 6.29. The third-order valence-corrected chi connectivity index (χ3v) is 4.06. The summed E-state index contributed by atoms with van der Waals surface area (Å²) in [4.78, 5) is 12.6. The van der Waals surface area contributed by atoms with Gasteiger partial charge in [0, 0.05) is 9.50 Å². The Hall–Kier alpha value is -1.91. The van der Waals surface area contributed by atoms with Gasteiger partial charge < -0.3 is 0 Å². The van der Waals surface area contributed by atoms with Crippen molar-refractivity contribution in [2.75, 3.05) is 5.01 Å². The van der Waals surface area contributed by atoms with Crippen molar-refractivity contribution in [3.8, 4) is 0 Å². The summed E-state index contributed by atoms with van der Waals surface area (Å²) in [6, 6.07) is 14.9. The van der Waals surface area contributed by atoms with Crippen molar-refractivity contribution < 1.29 is 4.79 Å². The molecule has 0 fully saturated rings. The van der Waals surface area contributed by atoms with Gasteiger partial charge in [-0.1, -0.05) is 45.7 Å². The lowest BCUT2D eigenvalue weighted by Gasteiger charge is -2.11. The Morgan fingerprint density at radius 2 is 1.91 bits per heavy atom. The first-order chi connectivity index (χ1) is 10.5. The lowest BCUT2D eigenvalue weighted by atomic mass is 10.1. The van der Waals surface area contributed by atoms with Crippen LogP contribution in [0.3, 0.4) is 0 Å². The number of amides is 1. The standard InChI is InChI=1S/C17H12BrClN2O/c1-11-16(9-12-5-7-13(18)8-6-12)17(22)21(20-11)15-4-2-3-14(19)10-15/h2-10H,1H3/b16-9+. The first kappa shape index (κ1) is 15.0. The van der Waals surface area contributed by atoms with Crippen LogP contribution in [-0.2, 0) is 4.79 Å². The number of anilines is 1. The first-order valence-corrected chi connectivity index (χ1v) is 7.84.